The fourth-order valence-electron chi connectivity index (χ4n) is 3.00. The van der Waals surface area contributed by atoms with Gasteiger partial charge in [-0.1, -0.05) is 19.3 Å². The van der Waals surface area contributed by atoms with Crippen molar-refractivity contribution in [3.63, 3.8) is 0 Å². The van der Waals surface area contributed by atoms with Crippen LogP contribution in [0, 0.1) is 11.8 Å². The van der Waals surface area contributed by atoms with E-state index in [0.29, 0.717) is 6.04 Å². The largest absolute Gasteiger partial charge is 0.328 e. The van der Waals surface area contributed by atoms with Crippen LogP contribution in [0.5, 0.6) is 0 Å². The van der Waals surface area contributed by atoms with Gasteiger partial charge in [-0.05, 0) is 45.1 Å². The third-order valence-corrected chi connectivity index (χ3v) is 4.52. The minimum Gasteiger partial charge on any atom is -0.328 e. The number of hydrogen-bond donors (Lipinski definition) is 1. The summed E-state index contributed by atoms with van der Waals surface area (Å²) in [5.74, 6) is 1.78. The van der Waals surface area contributed by atoms with E-state index >= 15 is 0 Å². The molecule has 2 fully saturated rings. The molecule has 0 amide bonds. The summed E-state index contributed by atoms with van der Waals surface area (Å²) in [5, 5.41) is 0. The first kappa shape index (κ1) is 11.4. The summed E-state index contributed by atoms with van der Waals surface area (Å²) in [4.78, 5) is 2.66. The van der Waals surface area contributed by atoms with Gasteiger partial charge in [0.05, 0.1) is 0 Å². The summed E-state index contributed by atoms with van der Waals surface area (Å²) >= 11 is 0. The van der Waals surface area contributed by atoms with Crippen molar-refractivity contribution < 1.29 is 0 Å². The second-order valence-corrected chi connectivity index (χ2v) is 5.78. The molecule has 1 heterocycles. The Morgan fingerprint density at radius 3 is 2.47 bits per heavy atom. The highest BCUT2D eigenvalue weighted by molar-refractivity contribution is 4.85. The second-order valence-electron chi connectivity index (χ2n) is 5.78. The van der Waals surface area contributed by atoms with E-state index in [1.54, 1.807) is 0 Å². The van der Waals surface area contributed by atoms with Crippen molar-refractivity contribution in [3.8, 4) is 0 Å². The van der Waals surface area contributed by atoms with Crippen LogP contribution in [0.2, 0.25) is 0 Å². The van der Waals surface area contributed by atoms with Gasteiger partial charge in [0, 0.05) is 18.6 Å². The Morgan fingerprint density at radius 2 is 2.00 bits per heavy atom. The Labute approximate surface area is 94.2 Å². The molecule has 0 aromatic carbocycles. The molecule has 1 aliphatic heterocycles. The molecule has 15 heavy (non-hydrogen) atoms. The van der Waals surface area contributed by atoms with Crippen LogP contribution in [0.15, 0.2) is 0 Å². The summed E-state index contributed by atoms with van der Waals surface area (Å²) in [6.45, 7) is 7.08. The van der Waals surface area contributed by atoms with Gasteiger partial charge < -0.3 is 10.6 Å². The summed E-state index contributed by atoms with van der Waals surface area (Å²) in [6.07, 6.45) is 7.17. The lowest BCUT2D eigenvalue weighted by Gasteiger charge is -2.32. The normalized spacial score (nSPS) is 32.6. The lowest BCUT2D eigenvalue weighted by Crippen LogP contribution is -2.36. The van der Waals surface area contributed by atoms with E-state index in [9.17, 15) is 0 Å². The van der Waals surface area contributed by atoms with Gasteiger partial charge in [-0.3, -0.25) is 0 Å². The predicted molar refractivity (Wildman–Crippen MR) is 64.7 cm³/mol. The molecule has 0 spiro atoms. The minimum absolute atomic E-state index is 0.380. The maximum atomic E-state index is 5.97. The van der Waals surface area contributed by atoms with Crippen molar-refractivity contribution in [1.82, 2.24) is 4.90 Å². The second kappa shape index (κ2) is 4.84. The van der Waals surface area contributed by atoms with E-state index in [0.717, 1.165) is 17.9 Å². The lowest BCUT2D eigenvalue weighted by atomic mass is 9.81. The molecule has 0 aromatic rings. The molecule has 88 valence electrons. The van der Waals surface area contributed by atoms with Gasteiger partial charge >= 0.3 is 0 Å². The van der Waals surface area contributed by atoms with Crippen LogP contribution in [0.1, 0.15) is 46.0 Å². The highest BCUT2D eigenvalue weighted by Gasteiger charge is 2.30. The molecule has 3 unspecified atom stereocenters. The number of rotatable bonds is 4. The first-order valence-electron chi connectivity index (χ1n) is 6.66. The van der Waals surface area contributed by atoms with Gasteiger partial charge in [0.25, 0.3) is 0 Å². The van der Waals surface area contributed by atoms with E-state index in [-0.39, 0.29) is 0 Å². The topological polar surface area (TPSA) is 29.3 Å². The molecule has 2 aliphatic rings. The first-order chi connectivity index (χ1) is 7.16. The number of nitrogens with two attached hydrogens (primary N) is 1. The summed E-state index contributed by atoms with van der Waals surface area (Å²) in [5.41, 5.74) is 5.97. The van der Waals surface area contributed by atoms with Crippen molar-refractivity contribution in [1.29, 1.82) is 0 Å². The zero-order valence-corrected chi connectivity index (χ0v) is 10.3. The van der Waals surface area contributed by atoms with Gasteiger partial charge in [0.1, 0.15) is 0 Å². The molecular weight excluding hydrogens is 184 g/mol. The van der Waals surface area contributed by atoms with Crippen LogP contribution in [-0.4, -0.2) is 30.1 Å². The van der Waals surface area contributed by atoms with Gasteiger partial charge in [-0.25, -0.2) is 0 Å². The van der Waals surface area contributed by atoms with Crippen LogP contribution >= 0.6 is 0 Å². The van der Waals surface area contributed by atoms with Crippen LogP contribution in [0.3, 0.4) is 0 Å². The smallest absolute Gasteiger partial charge is 0.00696 e. The molecule has 0 radical (unpaired) electrons. The molecule has 3 atom stereocenters. The van der Waals surface area contributed by atoms with E-state index in [4.69, 9.17) is 5.73 Å². The van der Waals surface area contributed by atoms with E-state index in [1.165, 1.54) is 45.2 Å². The standard InChI is InChI=1S/C13H26N2/c1-10(8-12-4-3-5-12)15-7-6-13(9-15)11(2)14/h10-13H,3-9,14H2,1-2H3. The average Bonchev–Trinajstić information content (AvgIpc) is 2.59. The SMILES string of the molecule is CC(N)C1CCN(C(C)CC2CCC2)C1. The number of hydrogen-bond acceptors (Lipinski definition) is 2. The average molecular weight is 210 g/mol. The van der Waals surface area contributed by atoms with Gasteiger partial charge in [-0.15, -0.1) is 0 Å². The Morgan fingerprint density at radius 1 is 1.27 bits per heavy atom. The quantitative estimate of drug-likeness (QED) is 0.771. The summed E-state index contributed by atoms with van der Waals surface area (Å²) in [6, 6.07) is 1.17. The molecule has 2 rings (SSSR count). The van der Waals surface area contributed by atoms with E-state index in [2.05, 4.69) is 18.7 Å². The lowest BCUT2D eigenvalue weighted by molar-refractivity contribution is 0.175. The molecule has 2 nitrogen and oxygen atoms in total. The number of nitrogens with zero attached hydrogens (tertiary/aromatic N) is 1. The molecule has 0 bridgehead atoms. The molecule has 0 aromatic heterocycles. The highest BCUT2D eigenvalue weighted by atomic mass is 15.2. The molecule has 2 N–H and O–H groups in total. The molecule has 1 saturated heterocycles. The molecule has 2 heteroatoms. The van der Waals surface area contributed by atoms with Crippen molar-refractivity contribution in [2.24, 2.45) is 17.6 Å². The third kappa shape index (κ3) is 2.73. The Balaban J connectivity index is 1.74. The highest BCUT2D eigenvalue weighted by Crippen LogP contribution is 2.33. The van der Waals surface area contributed by atoms with Crippen molar-refractivity contribution in [2.75, 3.05) is 13.1 Å². The van der Waals surface area contributed by atoms with Crippen LogP contribution in [0.4, 0.5) is 0 Å². The fourth-order valence-corrected chi connectivity index (χ4v) is 3.00. The predicted octanol–water partition coefficient (Wildman–Crippen LogP) is 2.23. The van der Waals surface area contributed by atoms with E-state index < -0.39 is 0 Å². The van der Waals surface area contributed by atoms with Crippen LogP contribution in [0.25, 0.3) is 0 Å². The van der Waals surface area contributed by atoms with Crippen LogP contribution < -0.4 is 5.73 Å². The van der Waals surface area contributed by atoms with Gasteiger partial charge in [0.2, 0.25) is 0 Å². The maximum absolute atomic E-state index is 5.97. The molecule has 1 aliphatic carbocycles. The Bertz CT molecular complexity index is 199. The van der Waals surface area contributed by atoms with Crippen molar-refractivity contribution in [2.45, 2.75) is 58.0 Å². The zero-order valence-electron chi connectivity index (χ0n) is 10.3. The first-order valence-corrected chi connectivity index (χ1v) is 6.66. The van der Waals surface area contributed by atoms with Crippen molar-refractivity contribution in [3.05, 3.63) is 0 Å². The van der Waals surface area contributed by atoms with E-state index in [1.807, 2.05) is 0 Å². The zero-order chi connectivity index (χ0) is 10.8. The number of likely N-dealkylation sites (tertiary alicyclic amines) is 1. The van der Waals surface area contributed by atoms with Crippen LogP contribution in [-0.2, 0) is 0 Å². The molecular formula is C13H26N2. The monoisotopic (exact) mass is 210 g/mol. The third-order valence-electron chi connectivity index (χ3n) is 4.52. The van der Waals surface area contributed by atoms with Crippen molar-refractivity contribution >= 4 is 0 Å². The summed E-state index contributed by atoms with van der Waals surface area (Å²) in [7, 11) is 0. The van der Waals surface area contributed by atoms with Gasteiger partial charge in [0.15, 0.2) is 0 Å². The maximum Gasteiger partial charge on any atom is 0.00696 e. The molecule has 1 saturated carbocycles. The minimum atomic E-state index is 0.380. The Hall–Kier alpha value is -0.0800. The summed E-state index contributed by atoms with van der Waals surface area (Å²) < 4.78 is 0. The Kier molecular flexibility index (Phi) is 3.68. The van der Waals surface area contributed by atoms with Gasteiger partial charge in [-0.2, -0.15) is 0 Å². The fraction of sp³-hybridized carbons (Fsp3) is 1.00.